The summed E-state index contributed by atoms with van der Waals surface area (Å²) in [6.07, 6.45) is 3.27. The van der Waals surface area contributed by atoms with E-state index in [0.717, 1.165) is 25.2 Å². The molecule has 3 heterocycles. The Kier molecular flexibility index (Phi) is 4.92. The summed E-state index contributed by atoms with van der Waals surface area (Å²) >= 11 is 0. The van der Waals surface area contributed by atoms with Crippen molar-refractivity contribution >= 4 is 0 Å². The maximum atomic E-state index is 9.85. The second kappa shape index (κ2) is 7.52. The lowest BCUT2D eigenvalue weighted by atomic mass is 9.87. The highest BCUT2D eigenvalue weighted by molar-refractivity contribution is 5.55. The minimum atomic E-state index is -0.310. The summed E-state index contributed by atoms with van der Waals surface area (Å²) in [7, 11) is 0. The van der Waals surface area contributed by atoms with Crippen LogP contribution in [0.5, 0.6) is 17.4 Å². The van der Waals surface area contributed by atoms with Crippen molar-refractivity contribution in [2.45, 2.75) is 26.3 Å². The van der Waals surface area contributed by atoms with E-state index in [1.165, 1.54) is 0 Å². The first kappa shape index (κ1) is 18.3. The van der Waals surface area contributed by atoms with Gasteiger partial charge in [-0.05, 0) is 31.3 Å². The molecule has 0 spiro atoms. The van der Waals surface area contributed by atoms with Crippen LogP contribution in [0.1, 0.15) is 36.7 Å². The smallest absolute Gasteiger partial charge is 0.228 e. The Morgan fingerprint density at radius 1 is 1.25 bits per heavy atom. The summed E-state index contributed by atoms with van der Waals surface area (Å²) in [5.74, 6) is 1.44. The third-order valence-electron chi connectivity index (χ3n) is 5.27. The number of fused-ring (bicyclic) bond motifs is 2. The van der Waals surface area contributed by atoms with Crippen LogP contribution < -0.4 is 10.2 Å². The number of hydrogen-bond acceptors (Lipinski definition) is 6. The van der Waals surface area contributed by atoms with Crippen molar-refractivity contribution in [3.05, 3.63) is 65.3 Å². The van der Waals surface area contributed by atoms with Gasteiger partial charge in [-0.25, -0.2) is 4.98 Å². The third-order valence-corrected chi connectivity index (χ3v) is 5.27. The Bertz CT molecular complexity index is 1020. The Morgan fingerprint density at radius 2 is 2.07 bits per heavy atom. The van der Waals surface area contributed by atoms with Crippen molar-refractivity contribution in [1.29, 1.82) is 5.41 Å². The number of rotatable bonds is 6. The van der Waals surface area contributed by atoms with E-state index in [0.29, 0.717) is 35.0 Å². The maximum absolute atomic E-state index is 9.85. The average molecular weight is 380 g/mol. The lowest BCUT2D eigenvalue weighted by Crippen LogP contribution is -2.34. The largest absolute Gasteiger partial charge is 0.508 e. The van der Waals surface area contributed by atoms with E-state index in [9.17, 15) is 5.11 Å². The first-order valence-corrected chi connectivity index (χ1v) is 9.52. The van der Waals surface area contributed by atoms with Gasteiger partial charge >= 0.3 is 0 Å². The molecule has 1 aliphatic heterocycles. The van der Waals surface area contributed by atoms with Gasteiger partial charge in [0.25, 0.3) is 0 Å². The highest BCUT2D eigenvalue weighted by atomic mass is 16.5. The van der Waals surface area contributed by atoms with Crippen LogP contribution in [-0.2, 0) is 6.54 Å². The molecule has 28 heavy (non-hydrogen) atoms. The van der Waals surface area contributed by atoms with Crippen LogP contribution in [-0.4, -0.2) is 39.2 Å². The molecule has 0 radical (unpaired) electrons. The summed E-state index contributed by atoms with van der Waals surface area (Å²) in [5, 5.41) is 18.7. The molecule has 146 valence electrons. The third kappa shape index (κ3) is 3.18. The van der Waals surface area contributed by atoms with Crippen LogP contribution in [0.25, 0.3) is 0 Å². The lowest BCUT2D eigenvalue weighted by Gasteiger charge is -2.27. The van der Waals surface area contributed by atoms with Crippen LogP contribution >= 0.6 is 0 Å². The molecule has 1 aromatic carbocycles. The quantitative estimate of drug-likeness (QED) is 0.536. The summed E-state index contributed by atoms with van der Waals surface area (Å²) in [4.78, 5) is 6.79. The topological polar surface area (TPSA) is 87.5 Å². The monoisotopic (exact) mass is 380 g/mol. The van der Waals surface area contributed by atoms with Crippen LogP contribution in [0.4, 0.5) is 0 Å². The van der Waals surface area contributed by atoms with Crippen molar-refractivity contribution in [3.8, 4) is 17.4 Å². The highest BCUT2D eigenvalue weighted by Gasteiger charge is 2.33. The standard InChI is InChI=1S/C21H24N4O3/c1-3-24(4-2)9-10-25-13-23-21-19(20(25)22)18(16-6-5-11-27-16)15-8-7-14(26)12-17(15)28-21/h5-8,11-13,18,22,26H,3-4,9-10H2,1-2H3/t18-/m1/s1. The van der Waals surface area contributed by atoms with Gasteiger partial charge in [0, 0.05) is 24.7 Å². The molecule has 0 saturated carbocycles. The normalized spacial score (nSPS) is 15.2. The van der Waals surface area contributed by atoms with Gasteiger partial charge in [-0.3, -0.25) is 5.41 Å². The van der Waals surface area contributed by atoms with Gasteiger partial charge in [-0.1, -0.05) is 19.9 Å². The SMILES string of the molecule is CCN(CC)CCn1cnc2c(c1=N)[C@@H](c1ccco1)c1ccc(O)cc1O2. The van der Waals surface area contributed by atoms with Crippen molar-refractivity contribution in [3.63, 3.8) is 0 Å². The van der Waals surface area contributed by atoms with E-state index >= 15 is 0 Å². The molecule has 4 rings (SSSR count). The molecule has 0 unspecified atom stereocenters. The van der Waals surface area contributed by atoms with Crippen molar-refractivity contribution < 1.29 is 14.3 Å². The molecule has 2 N–H and O–H groups in total. The summed E-state index contributed by atoms with van der Waals surface area (Å²) in [6.45, 7) is 7.73. The number of nitrogens with zero attached hydrogens (tertiary/aromatic N) is 3. The van der Waals surface area contributed by atoms with E-state index in [4.69, 9.17) is 14.6 Å². The molecule has 3 aromatic rings. The molecule has 2 aromatic heterocycles. The van der Waals surface area contributed by atoms with Crippen LogP contribution in [0, 0.1) is 5.41 Å². The molecule has 7 nitrogen and oxygen atoms in total. The Balaban J connectivity index is 1.80. The Hall–Kier alpha value is -3.06. The molecule has 7 heteroatoms. The number of aromatic nitrogens is 2. The minimum Gasteiger partial charge on any atom is -0.508 e. The zero-order valence-electron chi connectivity index (χ0n) is 16.1. The average Bonchev–Trinajstić information content (AvgIpc) is 3.23. The van der Waals surface area contributed by atoms with Gasteiger partial charge in [0.05, 0.1) is 17.7 Å². The van der Waals surface area contributed by atoms with Crippen molar-refractivity contribution in [2.24, 2.45) is 0 Å². The second-order valence-electron chi connectivity index (χ2n) is 6.80. The van der Waals surface area contributed by atoms with E-state index in [1.807, 2.05) is 22.8 Å². The molecule has 0 fully saturated rings. The summed E-state index contributed by atoms with van der Waals surface area (Å²) < 4.78 is 13.5. The zero-order chi connectivity index (χ0) is 19.7. The molecule has 0 bridgehead atoms. The molecular formula is C21H24N4O3. The maximum Gasteiger partial charge on any atom is 0.228 e. The Morgan fingerprint density at radius 3 is 2.79 bits per heavy atom. The fourth-order valence-electron chi connectivity index (χ4n) is 3.67. The minimum absolute atomic E-state index is 0.122. The fraction of sp³-hybridized carbons (Fsp3) is 0.333. The second-order valence-corrected chi connectivity index (χ2v) is 6.80. The molecular weight excluding hydrogens is 356 g/mol. The Labute approximate surface area is 163 Å². The number of nitrogens with one attached hydrogen (secondary N) is 1. The molecule has 0 amide bonds. The number of aromatic hydroxyl groups is 1. The van der Waals surface area contributed by atoms with Gasteiger partial charge < -0.3 is 23.7 Å². The number of furan rings is 1. The van der Waals surface area contributed by atoms with Gasteiger partial charge in [-0.15, -0.1) is 0 Å². The first-order chi connectivity index (χ1) is 13.6. The number of phenolic OH excluding ortho intramolecular Hbond substituents is 1. The van der Waals surface area contributed by atoms with E-state index < -0.39 is 0 Å². The number of phenols is 1. The first-order valence-electron chi connectivity index (χ1n) is 9.52. The highest BCUT2D eigenvalue weighted by Crippen LogP contribution is 2.45. The van der Waals surface area contributed by atoms with Gasteiger partial charge in [0.1, 0.15) is 29.1 Å². The molecule has 1 atom stereocenters. The van der Waals surface area contributed by atoms with Crippen molar-refractivity contribution in [1.82, 2.24) is 14.5 Å². The number of benzene rings is 1. The van der Waals surface area contributed by atoms with Crippen molar-refractivity contribution in [2.75, 3.05) is 19.6 Å². The lowest BCUT2D eigenvalue weighted by molar-refractivity contribution is 0.286. The number of ether oxygens (including phenoxy) is 1. The number of likely N-dealkylation sites (N-methyl/N-ethyl adjacent to an activating group) is 1. The van der Waals surface area contributed by atoms with Gasteiger partial charge in [0.15, 0.2) is 0 Å². The summed E-state index contributed by atoms with van der Waals surface area (Å²) in [5.41, 5.74) is 1.88. The molecule has 1 aliphatic rings. The van der Waals surface area contributed by atoms with Gasteiger partial charge in [-0.2, -0.15) is 0 Å². The predicted octanol–water partition coefficient (Wildman–Crippen LogP) is 3.29. The molecule has 0 saturated heterocycles. The van der Waals surface area contributed by atoms with Gasteiger partial charge in [0.2, 0.25) is 5.88 Å². The van der Waals surface area contributed by atoms with Crippen LogP contribution in [0.3, 0.4) is 0 Å². The fourth-order valence-corrected chi connectivity index (χ4v) is 3.67. The van der Waals surface area contributed by atoms with E-state index in [2.05, 4.69) is 23.7 Å². The predicted molar refractivity (Wildman–Crippen MR) is 104 cm³/mol. The van der Waals surface area contributed by atoms with E-state index in [1.54, 1.807) is 24.7 Å². The number of hydrogen-bond donors (Lipinski definition) is 2. The van der Waals surface area contributed by atoms with E-state index in [-0.39, 0.29) is 11.7 Å². The zero-order valence-corrected chi connectivity index (χ0v) is 16.1. The summed E-state index contributed by atoms with van der Waals surface area (Å²) in [6, 6.07) is 8.73. The molecule has 0 aliphatic carbocycles. The van der Waals surface area contributed by atoms with Crippen LogP contribution in [0.15, 0.2) is 47.3 Å². The van der Waals surface area contributed by atoms with Crippen LogP contribution in [0.2, 0.25) is 0 Å².